The summed E-state index contributed by atoms with van der Waals surface area (Å²) in [6.45, 7) is 3.44. The molecule has 1 atom stereocenters. The number of nitrogens with two attached hydrogens (primary N) is 2. The summed E-state index contributed by atoms with van der Waals surface area (Å²) >= 11 is 0. The Morgan fingerprint density at radius 2 is 1.95 bits per heavy atom. The lowest BCUT2D eigenvalue weighted by molar-refractivity contribution is -0.130. The molecule has 1 heterocycles. The van der Waals surface area contributed by atoms with Crippen molar-refractivity contribution in [2.45, 2.75) is 25.8 Å². The summed E-state index contributed by atoms with van der Waals surface area (Å²) in [5, 5.41) is 3.09. The van der Waals surface area contributed by atoms with Gasteiger partial charge in [0.1, 0.15) is 6.04 Å². The second-order valence-corrected chi connectivity index (χ2v) is 5.06. The van der Waals surface area contributed by atoms with Gasteiger partial charge in [0.25, 0.3) is 5.91 Å². The molecule has 0 saturated carbocycles. The highest BCUT2D eigenvalue weighted by molar-refractivity contribution is 5.99. The lowest BCUT2D eigenvalue weighted by Gasteiger charge is -2.22. The van der Waals surface area contributed by atoms with E-state index in [1.54, 1.807) is 25.1 Å². The number of likely N-dealkylation sites (tertiary alicyclic amines) is 1. The molecule has 5 N–H and O–H groups in total. The van der Waals surface area contributed by atoms with Gasteiger partial charge in [-0.3, -0.25) is 9.59 Å². The zero-order chi connectivity index (χ0) is 14.7. The van der Waals surface area contributed by atoms with E-state index < -0.39 is 5.91 Å². The maximum absolute atomic E-state index is 12.2. The first-order valence-electron chi connectivity index (χ1n) is 6.73. The van der Waals surface area contributed by atoms with E-state index in [0.29, 0.717) is 11.4 Å². The van der Waals surface area contributed by atoms with E-state index >= 15 is 0 Å². The molecule has 1 saturated heterocycles. The molecular weight excluding hydrogens is 256 g/mol. The van der Waals surface area contributed by atoms with E-state index in [1.165, 1.54) is 0 Å². The van der Waals surface area contributed by atoms with Crippen LogP contribution < -0.4 is 16.8 Å². The lowest BCUT2D eigenvalue weighted by Crippen LogP contribution is -2.39. The Balaban J connectivity index is 2.07. The molecule has 0 bridgehead atoms. The van der Waals surface area contributed by atoms with Gasteiger partial charge in [-0.2, -0.15) is 0 Å². The van der Waals surface area contributed by atoms with Gasteiger partial charge in [-0.05, 0) is 38.0 Å². The van der Waals surface area contributed by atoms with Crippen LogP contribution in [0.1, 0.15) is 30.1 Å². The van der Waals surface area contributed by atoms with Gasteiger partial charge in [-0.1, -0.05) is 0 Å². The number of hydrogen-bond donors (Lipinski definition) is 3. The molecule has 1 unspecified atom stereocenters. The van der Waals surface area contributed by atoms with Gasteiger partial charge in [-0.15, -0.1) is 0 Å². The third-order valence-electron chi connectivity index (χ3n) is 3.49. The smallest absolute Gasteiger partial charge is 0.250 e. The van der Waals surface area contributed by atoms with Crippen molar-refractivity contribution in [1.82, 2.24) is 4.90 Å². The minimum Gasteiger partial charge on any atom is -0.398 e. The Morgan fingerprint density at radius 3 is 2.55 bits per heavy atom. The summed E-state index contributed by atoms with van der Waals surface area (Å²) in [7, 11) is 0. The number of primary amides is 1. The van der Waals surface area contributed by atoms with Crippen molar-refractivity contribution in [3.63, 3.8) is 0 Å². The first-order chi connectivity index (χ1) is 9.49. The van der Waals surface area contributed by atoms with Crippen LogP contribution in [0, 0.1) is 0 Å². The molecule has 0 aromatic heterocycles. The van der Waals surface area contributed by atoms with E-state index in [-0.39, 0.29) is 17.5 Å². The van der Waals surface area contributed by atoms with Crippen LogP contribution in [-0.2, 0) is 4.79 Å². The minimum absolute atomic E-state index is 0.0694. The molecule has 1 aromatic carbocycles. The van der Waals surface area contributed by atoms with Crippen molar-refractivity contribution >= 4 is 23.2 Å². The van der Waals surface area contributed by atoms with Crippen molar-refractivity contribution < 1.29 is 9.59 Å². The number of nitrogen functional groups attached to an aromatic ring is 1. The SMILES string of the molecule is CC(Nc1ccc(N)c(C(N)=O)c1)C(=O)N1CCCC1. The second-order valence-electron chi connectivity index (χ2n) is 5.06. The van der Waals surface area contributed by atoms with Crippen molar-refractivity contribution in [2.75, 3.05) is 24.1 Å². The molecule has 2 amide bonds. The molecule has 1 fully saturated rings. The van der Waals surface area contributed by atoms with Crippen molar-refractivity contribution in [3.05, 3.63) is 23.8 Å². The first kappa shape index (κ1) is 14.2. The molecule has 20 heavy (non-hydrogen) atoms. The molecule has 6 heteroatoms. The molecule has 1 aliphatic heterocycles. The number of amides is 2. The average molecular weight is 276 g/mol. The minimum atomic E-state index is -0.579. The van der Waals surface area contributed by atoms with Crippen LogP contribution in [-0.4, -0.2) is 35.8 Å². The van der Waals surface area contributed by atoms with Gasteiger partial charge in [-0.25, -0.2) is 0 Å². The number of benzene rings is 1. The van der Waals surface area contributed by atoms with Crippen LogP contribution in [0.5, 0.6) is 0 Å². The zero-order valence-corrected chi connectivity index (χ0v) is 11.6. The maximum atomic E-state index is 12.2. The fourth-order valence-corrected chi connectivity index (χ4v) is 2.38. The number of hydrogen-bond acceptors (Lipinski definition) is 4. The number of anilines is 2. The average Bonchev–Trinajstić information content (AvgIpc) is 2.93. The lowest BCUT2D eigenvalue weighted by atomic mass is 10.1. The fraction of sp³-hybridized carbons (Fsp3) is 0.429. The molecule has 1 aliphatic rings. The Kier molecular flexibility index (Phi) is 4.12. The van der Waals surface area contributed by atoms with Crippen molar-refractivity contribution in [3.8, 4) is 0 Å². The van der Waals surface area contributed by atoms with Gasteiger partial charge in [0.2, 0.25) is 5.91 Å². The number of carbonyl (C=O) groups is 2. The van der Waals surface area contributed by atoms with Crippen LogP contribution >= 0.6 is 0 Å². The molecule has 1 aromatic rings. The summed E-state index contributed by atoms with van der Waals surface area (Å²) in [6.07, 6.45) is 2.12. The highest BCUT2D eigenvalue weighted by atomic mass is 16.2. The summed E-state index contributed by atoms with van der Waals surface area (Å²) in [6, 6.07) is 4.56. The Morgan fingerprint density at radius 1 is 1.30 bits per heavy atom. The van der Waals surface area contributed by atoms with Gasteiger partial charge >= 0.3 is 0 Å². The fourth-order valence-electron chi connectivity index (χ4n) is 2.38. The van der Waals surface area contributed by atoms with Gasteiger partial charge < -0.3 is 21.7 Å². The normalized spacial score (nSPS) is 15.9. The zero-order valence-electron chi connectivity index (χ0n) is 11.6. The molecular formula is C14H20N4O2. The van der Waals surface area contributed by atoms with Crippen LogP contribution in [0.25, 0.3) is 0 Å². The number of carbonyl (C=O) groups excluding carboxylic acids is 2. The quantitative estimate of drug-likeness (QED) is 0.708. The van der Waals surface area contributed by atoms with Crippen LogP contribution in [0.3, 0.4) is 0 Å². The number of nitrogens with one attached hydrogen (secondary N) is 1. The standard InChI is InChI=1S/C14H20N4O2/c1-9(14(20)18-6-2-3-7-18)17-10-4-5-12(15)11(8-10)13(16)19/h4-5,8-9,17H,2-3,6-7,15H2,1H3,(H2,16,19). The predicted octanol–water partition coefficient (Wildman–Crippen LogP) is 0.790. The highest BCUT2D eigenvalue weighted by Gasteiger charge is 2.23. The summed E-state index contributed by atoms with van der Waals surface area (Å²) < 4.78 is 0. The van der Waals surface area contributed by atoms with Gasteiger partial charge in [0, 0.05) is 24.5 Å². The van der Waals surface area contributed by atoms with E-state index in [1.807, 2.05) is 4.90 Å². The van der Waals surface area contributed by atoms with Gasteiger partial charge in [0.15, 0.2) is 0 Å². The number of rotatable bonds is 4. The Labute approximate surface area is 118 Å². The van der Waals surface area contributed by atoms with E-state index in [9.17, 15) is 9.59 Å². The summed E-state index contributed by atoms with van der Waals surface area (Å²) in [5.41, 5.74) is 12.2. The Hall–Kier alpha value is -2.24. The summed E-state index contributed by atoms with van der Waals surface area (Å²) in [4.78, 5) is 25.3. The monoisotopic (exact) mass is 276 g/mol. The summed E-state index contributed by atoms with van der Waals surface area (Å²) in [5.74, 6) is -0.510. The number of nitrogens with zero attached hydrogens (tertiary/aromatic N) is 1. The van der Waals surface area contributed by atoms with E-state index in [4.69, 9.17) is 11.5 Å². The second kappa shape index (κ2) is 5.81. The van der Waals surface area contributed by atoms with Gasteiger partial charge in [0.05, 0.1) is 5.56 Å². The molecule has 108 valence electrons. The maximum Gasteiger partial charge on any atom is 0.250 e. The molecule has 2 rings (SSSR count). The molecule has 0 spiro atoms. The highest BCUT2D eigenvalue weighted by Crippen LogP contribution is 2.19. The van der Waals surface area contributed by atoms with Crippen LogP contribution in [0.2, 0.25) is 0 Å². The third-order valence-corrected chi connectivity index (χ3v) is 3.49. The predicted molar refractivity (Wildman–Crippen MR) is 78.3 cm³/mol. The van der Waals surface area contributed by atoms with E-state index in [2.05, 4.69) is 5.32 Å². The van der Waals surface area contributed by atoms with E-state index in [0.717, 1.165) is 25.9 Å². The Bertz CT molecular complexity index is 524. The molecule has 6 nitrogen and oxygen atoms in total. The van der Waals surface area contributed by atoms with Crippen molar-refractivity contribution in [1.29, 1.82) is 0 Å². The topological polar surface area (TPSA) is 101 Å². The first-order valence-corrected chi connectivity index (χ1v) is 6.73. The van der Waals surface area contributed by atoms with Crippen LogP contribution in [0.15, 0.2) is 18.2 Å². The van der Waals surface area contributed by atoms with Crippen LogP contribution in [0.4, 0.5) is 11.4 Å². The largest absolute Gasteiger partial charge is 0.398 e. The van der Waals surface area contributed by atoms with Crippen molar-refractivity contribution in [2.24, 2.45) is 5.73 Å². The molecule has 0 radical (unpaired) electrons. The molecule has 0 aliphatic carbocycles. The third kappa shape index (κ3) is 3.01.